The summed E-state index contributed by atoms with van der Waals surface area (Å²) in [5, 5.41) is 22.8. The molecule has 0 amide bonds. The van der Waals surface area contributed by atoms with E-state index in [1.807, 2.05) is 47.8 Å². The highest BCUT2D eigenvalue weighted by Gasteiger charge is 2.38. The van der Waals surface area contributed by atoms with Crippen LogP contribution in [0.3, 0.4) is 0 Å². The normalized spacial score (nSPS) is 17.1. The Bertz CT molecular complexity index is 1580. The van der Waals surface area contributed by atoms with Crippen LogP contribution in [0.4, 0.5) is 0 Å². The highest BCUT2D eigenvalue weighted by atomic mass is 32.2. The number of nitrogens with zero attached hydrogens (tertiary/aromatic N) is 4. The van der Waals surface area contributed by atoms with Gasteiger partial charge in [-0.1, -0.05) is 48.2 Å². The van der Waals surface area contributed by atoms with E-state index in [2.05, 4.69) is 24.1 Å². The lowest BCUT2D eigenvalue weighted by molar-refractivity contribution is -0.139. The Morgan fingerprint density at radius 3 is 2.73 bits per heavy atom. The molecule has 10 heteroatoms. The number of thiophene rings is 1. The van der Waals surface area contributed by atoms with Crippen LogP contribution >= 0.6 is 23.1 Å². The molecule has 2 N–H and O–H groups in total. The molecule has 1 atom stereocenters. The van der Waals surface area contributed by atoms with Gasteiger partial charge in [0, 0.05) is 35.6 Å². The molecule has 0 radical (unpaired) electrons. The summed E-state index contributed by atoms with van der Waals surface area (Å²) in [6.45, 7) is 3.48. The minimum Gasteiger partial charge on any atom is -0.463 e. The third-order valence-corrected chi connectivity index (χ3v) is 8.72. The van der Waals surface area contributed by atoms with Crippen molar-refractivity contribution in [1.29, 1.82) is 10.5 Å². The second kappa shape index (κ2) is 12.0. The number of hydrogen-bond acceptors (Lipinski definition) is 10. The Kier molecular flexibility index (Phi) is 8.22. The standard InChI is InChI=1S/C30H27N5O3S2/c1-3-37-30(36)27-23(38-28(33)19(14-31)25(27)18-8-5-4-6-9-18)17-40-29-20(15-32)26(24-10-7-13-39-24)21-16-35(2)12-11-22(21)34-29/h4-10,13,25H,3,11-12,16-17,33H2,1-2H3/t25-/m1/s1. The summed E-state index contributed by atoms with van der Waals surface area (Å²) in [6, 6.07) is 17.7. The smallest absolute Gasteiger partial charge is 0.338 e. The average molecular weight is 570 g/mol. The molecule has 0 fully saturated rings. The average Bonchev–Trinajstić information content (AvgIpc) is 3.50. The molecule has 40 heavy (non-hydrogen) atoms. The van der Waals surface area contributed by atoms with E-state index in [0.717, 1.165) is 40.2 Å². The summed E-state index contributed by atoms with van der Waals surface area (Å²) in [4.78, 5) is 21.5. The zero-order chi connectivity index (χ0) is 28.2. The third-order valence-electron chi connectivity index (χ3n) is 6.85. The Morgan fingerprint density at radius 2 is 2.05 bits per heavy atom. The van der Waals surface area contributed by atoms with Gasteiger partial charge in [-0.2, -0.15) is 10.5 Å². The maximum absolute atomic E-state index is 13.3. The molecule has 2 aliphatic rings. The van der Waals surface area contributed by atoms with Gasteiger partial charge in [0.2, 0.25) is 5.88 Å². The number of ether oxygens (including phenoxy) is 2. The highest BCUT2D eigenvalue weighted by molar-refractivity contribution is 7.99. The second-order valence-corrected chi connectivity index (χ2v) is 11.3. The topological polar surface area (TPSA) is 125 Å². The zero-order valence-corrected chi connectivity index (χ0v) is 23.8. The number of esters is 1. The van der Waals surface area contributed by atoms with Crippen LogP contribution in [0.25, 0.3) is 10.4 Å². The van der Waals surface area contributed by atoms with Gasteiger partial charge in [-0.25, -0.2) is 9.78 Å². The van der Waals surface area contributed by atoms with Crippen molar-refractivity contribution in [3.63, 3.8) is 0 Å². The van der Waals surface area contributed by atoms with Gasteiger partial charge in [0.25, 0.3) is 0 Å². The van der Waals surface area contributed by atoms with E-state index in [1.165, 1.54) is 11.8 Å². The Balaban J connectivity index is 1.60. The van der Waals surface area contributed by atoms with Gasteiger partial charge in [-0.3, -0.25) is 0 Å². The molecule has 4 heterocycles. The number of benzene rings is 1. The number of hydrogen-bond donors (Lipinski definition) is 1. The van der Waals surface area contributed by atoms with Crippen molar-refractivity contribution >= 4 is 29.1 Å². The van der Waals surface area contributed by atoms with Crippen molar-refractivity contribution < 1.29 is 14.3 Å². The number of carbonyl (C=O) groups is 1. The summed E-state index contributed by atoms with van der Waals surface area (Å²) in [6.07, 6.45) is 0.772. The Morgan fingerprint density at radius 1 is 1.25 bits per heavy atom. The van der Waals surface area contributed by atoms with E-state index in [9.17, 15) is 15.3 Å². The summed E-state index contributed by atoms with van der Waals surface area (Å²) in [5.74, 6) is -0.913. The van der Waals surface area contributed by atoms with Gasteiger partial charge in [-0.15, -0.1) is 11.3 Å². The summed E-state index contributed by atoms with van der Waals surface area (Å²) < 4.78 is 11.3. The van der Waals surface area contributed by atoms with Gasteiger partial charge in [0.05, 0.1) is 29.4 Å². The number of fused-ring (bicyclic) bond motifs is 1. The number of carbonyl (C=O) groups excluding carboxylic acids is 1. The number of aromatic nitrogens is 1. The lowest BCUT2D eigenvalue weighted by atomic mass is 9.83. The minimum atomic E-state index is -0.737. The van der Waals surface area contributed by atoms with Gasteiger partial charge in [0.15, 0.2) is 0 Å². The Labute approximate surface area is 241 Å². The molecule has 2 aromatic heterocycles. The summed E-state index contributed by atoms with van der Waals surface area (Å²) >= 11 is 2.91. The van der Waals surface area contributed by atoms with Crippen LogP contribution in [0.5, 0.6) is 0 Å². The molecule has 0 bridgehead atoms. The van der Waals surface area contributed by atoms with Crippen molar-refractivity contribution in [3.05, 3.63) is 93.0 Å². The fourth-order valence-electron chi connectivity index (χ4n) is 5.04. The first-order valence-corrected chi connectivity index (χ1v) is 14.7. The lowest BCUT2D eigenvalue weighted by Gasteiger charge is -2.29. The quantitative estimate of drug-likeness (QED) is 0.306. The van der Waals surface area contributed by atoms with E-state index < -0.39 is 11.9 Å². The van der Waals surface area contributed by atoms with E-state index in [-0.39, 0.29) is 35.1 Å². The zero-order valence-electron chi connectivity index (χ0n) is 22.1. The molecule has 5 rings (SSSR count). The fourth-order valence-corrected chi connectivity index (χ4v) is 6.80. The first-order valence-electron chi connectivity index (χ1n) is 12.8. The van der Waals surface area contributed by atoms with Crippen LogP contribution in [-0.2, 0) is 27.2 Å². The monoisotopic (exact) mass is 569 g/mol. The van der Waals surface area contributed by atoms with Crippen molar-refractivity contribution in [2.45, 2.75) is 30.8 Å². The number of pyridine rings is 1. The minimum absolute atomic E-state index is 0.0544. The molecule has 0 unspecified atom stereocenters. The highest BCUT2D eigenvalue weighted by Crippen LogP contribution is 2.43. The Hall–Kier alpha value is -4.09. The van der Waals surface area contributed by atoms with Crippen LogP contribution in [0.1, 0.15) is 35.2 Å². The van der Waals surface area contributed by atoms with Gasteiger partial charge < -0.3 is 20.1 Å². The maximum Gasteiger partial charge on any atom is 0.338 e. The fraction of sp³-hybridized carbons (Fsp3) is 0.267. The largest absolute Gasteiger partial charge is 0.463 e. The molecule has 0 saturated carbocycles. The van der Waals surface area contributed by atoms with Crippen molar-refractivity contribution in [3.8, 4) is 22.6 Å². The molecular formula is C30H27N5O3S2. The molecule has 8 nitrogen and oxygen atoms in total. The molecule has 2 aliphatic heterocycles. The van der Waals surface area contributed by atoms with Gasteiger partial charge in [0.1, 0.15) is 28.5 Å². The number of rotatable bonds is 7. The first-order chi connectivity index (χ1) is 19.5. The van der Waals surface area contributed by atoms with E-state index in [4.69, 9.17) is 20.2 Å². The van der Waals surface area contributed by atoms with Crippen molar-refractivity contribution in [1.82, 2.24) is 9.88 Å². The molecule has 0 spiro atoms. The van der Waals surface area contributed by atoms with Crippen molar-refractivity contribution in [2.75, 3.05) is 26.0 Å². The van der Waals surface area contributed by atoms with Gasteiger partial charge in [-0.05, 0) is 36.5 Å². The van der Waals surface area contributed by atoms with Gasteiger partial charge >= 0.3 is 5.97 Å². The predicted molar refractivity (Wildman–Crippen MR) is 154 cm³/mol. The number of allylic oxidation sites excluding steroid dienone is 1. The lowest BCUT2D eigenvalue weighted by Crippen LogP contribution is -2.28. The molecule has 0 saturated heterocycles. The third kappa shape index (κ3) is 5.22. The molecule has 0 aliphatic carbocycles. The summed E-state index contributed by atoms with van der Waals surface area (Å²) in [5.41, 5.74) is 10.8. The number of nitrogens with two attached hydrogens (primary N) is 1. The number of thioether (sulfide) groups is 1. The number of likely N-dealkylation sites (N-methyl/N-ethyl adjacent to an activating group) is 1. The molecule has 3 aromatic rings. The van der Waals surface area contributed by atoms with Crippen LogP contribution in [0.15, 0.2) is 75.7 Å². The second-order valence-electron chi connectivity index (χ2n) is 9.35. The first kappa shape index (κ1) is 27.5. The number of nitriles is 2. The van der Waals surface area contributed by atoms with Crippen LogP contribution in [-0.4, -0.2) is 41.8 Å². The SMILES string of the molecule is CCOC(=O)C1=C(CSc2nc3c(c(-c4cccs4)c2C#N)CN(C)CC3)OC(N)=C(C#N)[C@H]1c1ccccc1. The summed E-state index contributed by atoms with van der Waals surface area (Å²) in [7, 11) is 2.07. The van der Waals surface area contributed by atoms with E-state index in [1.54, 1.807) is 18.3 Å². The molecular weight excluding hydrogens is 542 g/mol. The van der Waals surface area contributed by atoms with Crippen LogP contribution in [0.2, 0.25) is 0 Å². The van der Waals surface area contributed by atoms with E-state index in [0.29, 0.717) is 17.1 Å². The van der Waals surface area contributed by atoms with Crippen LogP contribution in [0, 0.1) is 22.7 Å². The molecule has 202 valence electrons. The predicted octanol–water partition coefficient (Wildman–Crippen LogP) is 5.09. The molecule has 1 aromatic carbocycles. The van der Waals surface area contributed by atoms with Crippen LogP contribution < -0.4 is 5.73 Å². The van der Waals surface area contributed by atoms with E-state index >= 15 is 0 Å². The maximum atomic E-state index is 13.3. The van der Waals surface area contributed by atoms with Crippen molar-refractivity contribution in [2.24, 2.45) is 5.73 Å².